The third-order valence-electron chi connectivity index (χ3n) is 11.7. The monoisotopic (exact) mass is 848 g/mol. The molecule has 1 amide bonds. The second-order valence-electron chi connectivity index (χ2n) is 17.6. The second kappa shape index (κ2) is 51.9. The molecule has 4 heteroatoms. The Hall–Kier alpha value is -2.43. The molecule has 0 aliphatic carbocycles. The lowest BCUT2D eigenvalue weighted by Gasteiger charge is -2.22. The molecule has 0 aliphatic rings. The highest BCUT2D eigenvalue weighted by Gasteiger charge is 2.20. The molecule has 0 saturated carbocycles. The predicted molar refractivity (Wildman–Crippen MR) is 271 cm³/mol. The Balaban J connectivity index is 3.49. The van der Waals surface area contributed by atoms with Crippen molar-refractivity contribution >= 4 is 5.91 Å². The fraction of sp³-hybridized carbons (Fsp3) is 0.737. The number of aliphatic hydroxyl groups is 2. The molecule has 0 radical (unpaired) electrons. The molecule has 0 aliphatic heterocycles. The van der Waals surface area contributed by atoms with Crippen molar-refractivity contribution in [3.05, 3.63) is 85.1 Å². The van der Waals surface area contributed by atoms with Crippen LogP contribution in [0.4, 0.5) is 0 Å². The van der Waals surface area contributed by atoms with Crippen LogP contribution in [0.25, 0.3) is 0 Å². The molecule has 0 aromatic rings. The van der Waals surface area contributed by atoms with Crippen LogP contribution in [-0.4, -0.2) is 34.9 Å². The molecule has 61 heavy (non-hydrogen) atoms. The number of amides is 1. The molecule has 4 nitrogen and oxygen atoms in total. The normalized spacial score (nSPS) is 13.6. The first-order valence-electron chi connectivity index (χ1n) is 26.3. The van der Waals surface area contributed by atoms with Crippen molar-refractivity contribution in [1.29, 1.82) is 0 Å². The van der Waals surface area contributed by atoms with Gasteiger partial charge in [0.25, 0.3) is 0 Å². The number of hydrogen-bond donors (Lipinski definition) is 3. The Morgan fingerprint density at radius 1 is 0.410 bits per heavy atom. The van der Waals surface area contributed by atoms with Crippen molar-refractivity contribution in [2.45, 2.75) is 264 Å². The van der Waals surface area contributed by atoms with E-state index in [0.717, 1.165) is 70.6 Å². The number of carbonyl (C=O) groups excluding carboxylic acids is 1. The predicted octanol–water partition coefficient (Wildman–Crippen LogP) is 17.2. The Kier molecular flexibility index (Phi) is 49.8. The van der Waals surface area contributed by atoms with Gasteiger partial charge in [-0.05, 0) is 70.6 Å². The average molecular weight is 848 g/mol. The van der Waals surface area contributed by atoms with Crippen molar-refractivity contribution in [3.8, 4) is 0 Å². The van der Waals surface area contributed by atoms with Crippen LogP contribution in [0.3, 0.4) is 0 Å². The summed E-state index contributed by atoms with van der Waals surface area (Å²) in [4.78, 5) is 12.4. The highest BCUT2D eigenvalue weighted by atomic mass is 16.3. The Morgan fingerprint density at radius 2 is 0.721 bits per heavy atom. The maximum Gasteiger partial charge on any atom is 0.220 e. The van der Waals surface area contributed by atoms with E-state index in [9.17, 15) is 15.0 Å². The summed E-state index contributed by atoms with van der Waals surface area (Å²) in [6.45, 7) is 4.24. The number of unbranched alkanes of at least 4 members (excludes halogenated alkanes) is 26. The fourth-order valence-electron chi connectivity index (χ4n) is 7.69. The van der Waals surface area contributed by atoms with Gasteiger partial charge in [0.05, 0.1) is 18.8 Å². The molecule has 0 saturated heterocycles. The zero-order chi connectivity index (χ0) is 44.2. The lowest BCUT2D eigenvalue weighted by Crippen LogP contribution is -2.45. The first-order valence-corrected chi connectivity index (χ1v) is 26.3. The first-order chi connectivity index (χ1) is 30.2. The van der Waals surface area contributed by atoms with E-state index in [1.54, 1.807) is 0 Å². The molecule has 0 bridgehead atoms. The molecule has 0 heterocycles. The van der Waals surface area contributed by atoms with Gasteiger partial charge in [0, 0.05) is 6.42 Å². The molecular weight excluding hydrogens is 747 g/mol. The van der Waals surface area contributed by atoms with E-state index in [0.29, 0.717) is 12.8 Å². The summed E-state index contributed by atoms with van der Waals surface area (Å²) in [5, 5.41) is 23.2. The van der Waals surface area contributed by atoms with Crippen molar-refractivity contribution < 1.29 is 15.0 Å². The van der Waals surface area contributed by atoms with Crippen LogP contribution < -0.4 is 5.32 Å². The van der Waals surface area contributed by atoms with Crippen LogP contribution in [-0.2, 0) is 4.79 Å². The quantitative estimate of drug-likeness (QED) is 0.0422. The van der Waals surface area contributed by atoms with Crippen LogP contribution in [0.2, 0.25) is 0 Å². The third-order valence-corrected chi connectivity index (χ3v) is 11.7. The smallest absolute Gasteiger partial charge is 0.220 e. The third kappa shape index (κ3) is 48.5. The van der Waals surface area contributed by atoms with Crippen molar-refractivity contribution in [2.24, 2.45) is 0 Å². The minimum atomic E-state index is -0.661. The standard InChI is InChI=1S/C57H101NO3/c1-3-5-7-9-11-13-15-17-18-19-20-21-22-23-24-25-26-27-28-29-30-31-32-33-34-35-36-37-38-39-40-41-43-45-47-49-51-53-57(61)58-55(54-59)56(60)52-50-48-46-44-42-16-14-12-10-8-6-4-2/h5,7,11,13,17-18,20-21,23-24,26-27,29-30,55-56,59-60H,3-4,6,8-10,12,14-16,19,22,25,28,31-54H2,1-2H3,(H,58,61)/b7-5-,13-11-,18-17-,21-20-,24-23-,27-26-,30-29-. The highest BCUT2D eigenvalue weighted by Crippen LogP contribution is 2.16. The van der Waals surface area contributed by atoms with Crippen LogP contribution in [0, 0.1) is 0 Å². The molecule has 2 atom stereocenters. The lowest BCUT2D eigenvalue weighted by atomic mass is 10.0. The minimum absolute atomic E-state index is 0.0339. The molecule has 0 rings (SSSR count). The van der Waals surface area contributed by atoms with Gasteiger partial charge in [-0.2, -0.15) is 0 Å². The van der Waals surface area contributed by atoms with E-state index >= 15 is 0 Å². The average Bonchev–Trinajstić information content (AvgIpc) is 3.26. The highest BCUT2D eigenvalue weighted by molar-refractivity contribution is 5.76. The number of aliphatic hydroxyl groups excluding tert-OH is 2. The topological polar surface area (TPSA) is 69.6 Å². The summed E-state index contributed by atoms with van der Waals surface area (Å²) >= 11 is 0. The van der Waals surface area contributed by atoms with E-state index < -0.39 is 12.1 Å². The second-order valence-corrected chi connectivity index (χ2v) is 17.6. The number of allylic oxidation sites excluding steroid dienone is 14. The summed E-state index contributed by atoms with van der Waals surface area (Å²) in [7, 11) is 0. The molecule has 0 aromatic carbocycles. The van der Waals surface area contributed by atoms with Crippen LogP contribution in [0.5, 0.6) is 0 Å². The number of carbonyl (C=O) groups is 1. The van der Waals surface area contributed by atoms with Crippen molar-refractivity contribution in [1.82, 2.24) is 5.32 Å². The van der Waals surface area contributed by atoms with Gasteiger partial charge in [0.1, 0.15) is 0 Å². The number of nitrogens with one attached hydrogen (secondary N) is 1. The van der Waals surface area contributed by atoms with Gasteiger partial charge >= 0.3 is 0 Å². The van der Waals surface area contributed by atoms with Crippen molar-refractivity contribution in [2.75, 3.05) is 6.61 Å². The largest absolute Gasteiger partial charge is 0.394 e. The molecule has 0 aromatic heterocycles. The molecule has 0 spiro atoms. The SMILES string of the molecule is CC/C=C\C/C=C\C/C=C\C/C=C\C/C=C\C/C=C\C/C=C\CCCCCCCCCCCCCCCCCC(=O)NC(CO)C(O)CCCCCCCCCCCCCC. The van der Waals surface area contributed by atoms with Gasteiger partial charge in [0.2, 0.25) is 5.91 Å². The van der Waals surface area contributed by atoms with E-state index in [1.165, 1.54) is 154 Å². The molecule has 3 N–H and O–H groups in total. The van der Waals surface area contributed by atoms with E-state index in [4.69, 9.17) is 0 Å². The maximum atomic E-state index is 12.4. The zero-order valence-electron chi connectivity index (χ0n) is 40.4. The molecule has 2 unspecified atom stereocenters. The van der Waals surface area contributed by atoms with E-state index in [-0.39, 0.29) is 12.5 Å². The number of rotatable bonds is 47. The minimum Gasteiger partial charge on any atom is -0.394 e. The molecule has 0 fully saturated rings. The van der Waals surface area contributed by atoms with Gasteiger partial charge in [-0.3, -0.25) is 4.79 Å². The Labute approximate surface area is 380 Å². The molecular formula is C57H101NO3. The number of hydrogen-bond acceptors (Lipinski definition) is 3. The van der Waals surface area contributed by atoms with Gasteiger partial charge in [-0.15, -0.1) is 0 Å². The summed E-state index contributed by atoms with van der Waals surface area (Å²) in [6, 6.07) is -0.538. The Morgan fingerprint density at radius 3 is 1.08 bits per heavy atom. The lowest BCUT2D eigenvalue weighted by molar-refractivity contribution is -0.123. The summed E-state index contributed by atoms with van der Waals surface area (Å²) in [5.41, 5.74) is 0. The van der Waals surface area contributed by atoms with Crippen LogP contribution >= 0.6 is 0 Å². The summed E-state index contributed by atoms with van der Waals surface area (Å²) in [6.07, 6.45) is 75.5. The maximum absolute atomic E-state index is 12.4. The molecule has 352 valence electrons. The van der Waals surface area contributed by atoms with Gasteiger partial charge in [-0.1, -0.05) is 259 Å². The first kappa shape index (κ1) is 58.6. The van der Waals surface area contributed by atoms with Crippen LogP contribution in [0.1, 0.15) is 251 Å². The zero-order valence-corrected chi connectivity index (χ0v) is 40.4. The van der Waals surface area contributed by atoms with E-state index in [1.807, 2.05) is 0 Å². The van der Waals surface area contributed by atoms with Gasteiger partial charge in [0.15, 0.2) is 0 Å². The van der Waals surface area contributed by atoms with Gasteiger partial charge < -0.3 is 15.5 Å². The summed E-state index contributed by atoms with van der Waals surface area (Å²) < 4.78 is 0. The van der Waals surface area contributed by atoms with E-state index in [2.05, 4.69) is 104 Å². The van der Waals surface area contributed by atoms with Crippen molar-refractivity contribution in [3.63, 3.8) is 0 Å². The van der Waals surface area contributed by atoms with Crippen LogP contribution in [0.15, 0.2) is 85.1 Å². The Bertz CT molecular complexity index is 1100. The fourth-order valence-corrected chi connectivity index (χ4v) is 7.69. The summed E-state index contributed by atoms with van der Waals surface area (Å²) in [5.74, 6) is -0.0339. The van der Waals surface area contributed by atoms with Gasteiger partial charge in [-0.25, -0.2) is 0 Å².